The first kappa shape index (κ1) is 15.5. The van der Waals surface area contributed by atoms with E-state index in [-0.39, 0.29) is 5.92 Å². The van der Waals surface area contributed by atoms with Crippen molar-refractivity contribution in [2.75, 3.05) is 14.2 Å². The van der Waals surface area contributed by atoms with Gasteiger partial charge in [-0.25, -0.2) is 0 Å². The molecule has 1 aliphatic carbocycles. The van der Waals surface area contributed by atoms with Crippen LogP contribution in [0.5, 0.6) is 11.5 Å². The van der Waals surface area contributed by atoms with Crippen molar-refractivity contribution in [1.29, 1.82) is 0 Å². The lowest BCUT2D eigenvalue weighted by Crippen LogP contribution is -1.98. The fourth-order valence-corrected chi connectivity index (χ4v) is 3.33. The number of fused-ring (bicyclic) bond motifs is 1. The van der Waals surface area contributed by atoms with Gasteiger partial charge in [-0.1, -0.05) is 29.3 Å². The number of hydrogen-bond donors (Lipinski definition) is 1. The Morgan fingerprint density at radius 3 is 2.18 bits per heavy atom. The Balaban J connectivity index is 2.10. The summed E-state index contributed by atoms with van der Waals surface area (Å²) < 4.78 is 10.7. The monoisotopic (exact) mass is 338 g/mol. The zero-order valence-corrected chi connectivity index (χ0v) is 13.8. The van der Waals surface area contributed by atoms with Crippen LogP contribution in [0.1, 0.15) is 35.1 Å². The minimum Gasteiger partial charge on any atom is -0.493 e. The van der Waals surface area contributed by atoms with E-state index in [1.54, 1.807) is 20.3 Å². The van der Waals surface area contributed by atoms with Gasteiger partial charge in [0, 0.05) is 5.92 Å². The summed E-state index contributed by atoms with van der Waals surface area (Å²) in [6.45, 7) is 0. The zero-order chi connectivity index (χ0) is 15.9. The molecule has 2 aromatic rings. The molecule has 0 fully saturated rings. The van der Waals surface area contributed by atoms with Crippen LogP contribution < -0.4 is 9.47 Å². The maximum Gasteiger partial charge on any atom is 0.161 e. The molecular weight excluding hydrogens is 323 g/mol. The molecule has 2 aromatic carbocycles. The normalized spacial score (nSPS) is 19.9. The third-order valence-corrected chi connectivity index (χ3v) is 4.87. The number of halogens is 2. The summed E-state index contributed by atoms with van der Waals surface area (Å²) in [5, 5.41) is 11.4. The maximum atomic E-state index is 10.4. The Morgan fingerprint density at radius 1 is 0.955 bits per heavy atom. The van der Waals surface area contributed by atoms with Gasteiger partial charge in [0.1, 0.15) is 0 Å². The minimum absolute atomic E-state index is 0.0552. The number of rotatable bonds is 3. The second-order valence-corrected chi connectivity index (χ2v) is 6.13. The van der Waals surface area contributed by atoms with Gasteiger partial charge >= 0.3 is 0 Å². The molecule has 0 radical (unpaired) electrons. The van der Waals surface area contributed by atoms with E-state index in [0.717, 1.165) is 16.7 Å². The molecule has 2 atom stereocenters. The van der Waals surface area contributed by atoms with Crippen molar-refractivity contribution in [3.05, 3.63) is 57.1 Å². The molecule has 22 heavy (non-hydrogen) atoms. The van der Waals surface area contributed by atoms with Gasteiger partial charge in [0.2, 0.25) is 0 Å². The molecule has 0 aliphatic heterocycles. The van der Waals surface area contributed by atoms with Crippen LogP contribution in [-0.2, 0) is 0 Å². The fourth-order valence-electron chi connectivity index (χ4n) is 3.02. The molecule has 0 heterocycles. The van der Waals surface area contributed by atoms with Crippen LogP contribution in [0, 0.1) is 0 Å². The maximum absolute atomic E-state index is 10.4. The highest BCUT2D eigenvalue weighted by molar-refractivity contribution is 6.42. The molecule has 0 saturated heterocycles. The van der Waals surface area contributed by atoms with Crippen LogP contribution in [0.15, 0.2) is 30.3 Å². The van der Waals surface area contributed by atoms with Crippen molar-refractivity contribution in [1.82, 2.24) is 0 Å². The second kappa shape index (κ2) is 5.99. The van der Waals surface area contributed by atoms with Gasteiger partial charge in [-0.05, 0) is 47.4 Å². The summed E-state index contributed by atoms with van der Waals surface area (Å²) in [7, 11) is 3.19. The molecule has 0 aromatic heterocycles. The first-order valence-corrected chi connectivity index (χ1v) is 7.69. The van der Waals surface area contributed by atoms with Crippen LogP contribution >= 0.6 is 23.2 Å². The molecule has 0 unspecified atom stereocenters. The van der Waals surface area contributed by atoms with E-state index >= 15 is 0 Å². The standard InChI is InChI=1S/C17H16Cl2O3/c1-21-16-7-11-10(9-3-4-13(18)14(19)5-9)6-15(20)12(11)8-17(16)22-2/h3-5,7-8,10,15,20H,6H2,1-2H3/t10-,15-/m0/s1. The smallest absolute Gasteiger partial charge is 0.161 e. The Labute approximate surface area is 139 Å². The predicted octanol–water partition coefficient (Wildman–Crippen LogP) is 4.58. The number of ether oxygens (including phenoxy) is 2. The summed E-state index contributed by atoms with van der Waals surface area (Å²) in [6.07, 6.45) is 0.0677. The topological polar surface area (TPSA) is 38.7 Å². The van der Waals surface area contributed by atoms with Crippen LogP contribution in [0.4, 0.5) is 0 Å². The van der Waals surface area contributed by atoms with Crippen LogP contribution in [0.2, 0.25) is 10.0 Å². The molecule has 5 heteroatoms. The van der Waals surface area contributed by atoms with Crippen LogP contribution in [-0.4, -0.2) is 19.3 Å². The first-order valence-electron chi connectivity index (χ1n) is 6.94. The summed E-state index contributed by atoms with van der Waals surface area (Å²) in [5.41, 5.74) is 2.93. The van der Waals surface area contributed by atoms with Gasteiger partial charge < -0.3 is 14.6 Å². The largest absolute Gasteiger partial charge is 0.493 e. The predicted molar refractivity (Wildman–Crippen MR) is 87.4 cm³/mol. The molecular formula is C17H16Cl2O3. The van der Waals surface area contributed by atoms with Crippen molar-refractivity contribution in [2.24, 2.45) is 0 Å². The SMILES string of the molecule is COc1cc2c(cc1OC)[C@@H](O)C[C@H]2c1ccc(Cl)c(Cl)c1. The summed E-state index contributed by atoms with van der Waals surface area (Å²) in [6, 6.07) is 9.35. The van der Waals surface area contributed by atoms with E-state index in [1.807, 2.05) is 24.3 Å². The van der Waals surface area contributed by atoms with Gasteiger partial charge in [-0.2, -0.15) is 0 Å². The van der Waals surface area contributed by atoms with Crippen LogP contribution in [0.25, 0.3) is 0 Å². The van der Waals surface area contributed by atoms with Crippen LogP contribution in [0.3, 0.4) is 0 Å². The minimum atomic E-state index is -0.533. The molecule has 116 valence electrons. The first-order chi connectivity index (χ1) is 10.5. The average molecular weight is 339 g/mol. The number of hydrogen-bond acceptors (Lipinski definition) is 3. The van der Waals surface area contributed by atoms with E-state index in [0.29, 0.717) is 28.0 Å². The second-order valence-electron chi connectivity index (χ2n) is 5.31. The molecule has 3 nitrogen and oxygen atoms in total. The van der Waals surface area contributed by atoms with Gasteiger partial charge in [-0.15, -0.1) is 0 Å². The molecule has 0 bridgehead atoms. The lowest BCUT2D eigenvalue weighted by molar-refractivity contribution is 0.176. The molecule has 1 N–H and O–H groups in total. The Hall–Kier alpha value is -1.42. The Morgan fingerprint density at radius 2 is 1.59 bits per heavy atom. The lowest BCUT2D eigenvalue weighted by Gasteiger charge is -2.15. The lowest BCUT2D eigenvalue weighted by atomic mass is 9.93. The van der Waals surface area contributed by atoms with Crippen molar-refractivity contribution >= 4 is 23.2 Å². The number of aliphatic hydroxyl groups is 1. The van der Waals surface area contributed by atoms with Gasteiger partial charge in [-0.3, -0.25) is 0 Å². The van der Waals surface area contributed by atoms with Gasteiger partial charge in [0.25, 0.3) is 0 Å². The van der Waals surface area contributed by atoms with E-state index in [9.17, 15) is 5.11 Å². The Kier molecular flexibility index (Phi) is 4.22. The number of methoxy groups -OCH3 is 2. The van der Waals surface area contributed by atoms with Crippen molar-refractivity contribution < 1.29 is 14.6 Å². The fraction of sp³-hybridized carbons (Fsp3) is 0.294. The van der Waals surface area contributed by atoms with E-state index in [1.165, 1.54) is 0 Å². The highest BCUT2D eigenvalue weighted by Crippen LogP contribution is 2.48. The van der Waals surface area contributed by atoms with E-state index in [2.05, 4.69) is 0 Å². The summed E-state index contributed by atoms with van der Waals surface area (Å²) >= 11 is 12.1. The van der Waals surface area contributed by atoms with Gasteiger partial charge in [0.15, 0.2) is 11.5 Å². The van der Waals surface area contributed by atoms with Crippen molar-refractivity contribution in [3.8, 4) is 11.5 Å². The summed E-state index contributed by atoms with van der Waals surface area (Å²) in [4.78, 5) is 0. The Bertz CT molecular complexity index is 715. The summed E-state index contributed by atoms with van der Waals surface area (Å²) in [5.74, 6) is 1.33. The molecule has 0 spiro atoms. The van der Waals surface area contributed by atoms with E-state index in [4.69, 9.17) is 32.7 Å². The number of aliphatic hydroxyl groups excluding tert-OH is 1. The van der Waals surface area contributed by atoms with Crippen molar-refractivity contribution in [2.45, 2.75) is 18.4 Å². The molecule has 0 saturated carbocycles. The quantitative estimate of drug-likeness (QED) is 0.890. The third kappa shape index (κ3) is 2.54. The zero-order valence-electron chi connectivity index (χ0n) is 12.3. The highest BCUT2D eigenvalue weighted by Gasteiger charge is 2.32. The molecule has 1 aliphatic rings. The highest BCUT2D eigenvalue weighted by atomic mass is 35.5. The molecule has 0 amide bonds. The molecule has 3 rings (SSSR count). The third-order valence-electron chi connectivity index (χ3n) is 4.13. The average Bonchev–Trinajstić information content (AvgIpc) is 2.85. The van der Waals surface area contributed by atoms with Gasteiger partial charge in [0.05, 0.1) is 30.4 Å². The van der Waals surface area contributed by atoms with Crippen molar-refractivity contribution in [3.63, 3.8) is 0 Å². The van der Waals surface area contributed by atoms with E-state index < -0.39 is 6.10 Å². The number of benzene rings is 2.